The molecule has 3 rings (SSSR count). The van der Waals surface area contributed by atoms with Gasteiger partial charge in [-0.15, -0.1) is 0 Å². The van der Waals surface area contributed by atoms with Gasteiger partial charge in [-0.3, -0.25) is 14.9 Å². The van der Waals surface area contributed by atoms with E-state index in [0.717, 1.165) is 5.56 Å². The van der Waals surface area contributed by atoms with Gasteiger partial charge in [0.25, 0.3) is 5.69 Å². The van der Waals surface area contributed by atoms with Crippen LogP contribution in [0.5, 0.6) is 5.75 Å². The van der Waals surface area contributed by atoms with Crippen LogP contribution in [-0.2, 0) is 21.3 Å². The fourth-order valence-electron chi connectivity index (χ4n) is 2.63. The Morgan fingerprint density at radius 1 is 1.03 bits per heavy atom. The molecule has 0 unspecified atom stereocenters. The smallest absolute Gasteiger partial charge is 0.339 e. The number of rotatable bonds is 8. The molecular formula is C22H19N3O6S. The van der Waals surface area contributed by atoms with Crippen LogP contribution in [0.15, 0.2) is 82.8 Å². The molecule has 0 aliphatic heterocycles. The lowest BCUT2D eigenvalue weighted by molar-refractivity contribution is -0.384. The van der Waals surface area contributed by atoms with Gasteiger partial charge in [0.15, 0.2) is 0 Å². The fourth-order valence-corrected chi connectivity index (χ4v) is 3.56. The molecule has 0 saturated carbocycles. The van der Waals surface area contributed by atoms with Crippen LogP contribution in [-0.4, -0.2) is 25.5 Å². The molecule has 3 aromatic rings. The highest BCUT2D eigenvalue weighted by molar-refractivity contribution is 7.87. The molecule has 1 N–H and O–H groups in total. The third-order valence-corrected chi connectivity index (χ3v) is 5.57. The van der Waals surface area contributed by atoms with Gasteiger partial charge in [0.05, 0.1) is 17.6 Å². The lowest BCUT2D eigenvalue weighted by Gasteiger charge is -2.07. The van der Waals surface area contributed by atoms with Gasteiger partial charge in [-0.2, -0.15) is 13.5 Å². The van der Waals surface area contributed by atoms with Crippen LogP contribution in [0.25, 0.3) is 0 Å². The highest BCUT2D eigenvalue weighted by atomic mass is 32.2. The molecule has 32 heavy (non-hydrogen) atoms. The average Bonchev–Trinajstić information content (AvgIpc) is 2.75. The van der Waals surface area contributed by atoms with Gasteiger partial charge < -0.3 is 4.18 Å². The first-order valence-corrected chi connectivity index (χ1v) is 10.8. The first-order chi connectivity index (χ1) is 15.2. The maximum atomic E-state index is 12.3. The summed E-state index contributed by atoms with van der Waals surface area (Å²) in [7, 11) is -3.94. The van der Waals surface area contributed by atoms with Gasteiger partial charge in [-0.05, 0) is 54.4 Å². The minimum Gasteiger partial charge on any atom is -0.379 e. The number of amides is 1. The summed E-state index contributed by atoms with van der Waals surface area (Å²) >= 11 is 0. The van der Waals surface area contributed by atoms with Crippen molar-refractivity contribution in [2.45, 2.75) is 18.2 Å². The van der Waals surface area contributed by atoms with E-state index in [1.807, 2.05) is 6.92 Å². The first kappa shape index (κ1) is 22.6. The average molecular weight is 453 g/mol. The minimum atomic E-state index is -3.94. The Labute approximate surface area is 184 Å². The second kappa shape index (κ2) is 9.84. The minimum absolute atomic E-state index is 0.0129. The van der Waals surface area contributed by atoms with Gasteiger partial charge in [0.1, 0.15) is 10.6 Å². The Hall–Kier alpha value is -4.05. The number of carbonyl (C=O) groups is 1. The van der Waals surface area contributed by atoms with Crippen LogP contribution in [0.3, 0.4) is 0 Å². The summed E-state index contributed by atoms with van der Waals surface area (Å²) in [6.45, 7) is 1.86. The molecule has 164 valence electrons. The van der Waals surface area contributed by atoms with Crippen molar-refractivity contribution in [3.8, 4) is 5.75 Å². The lowest BCUT2D eigenvalue weighted by Crippen LogP contribution is -2.19. The largest absolute Gasteiger partial charge is 0.379 e. The van der Waals surface area contributed by atoms with E-state index in [2.05, 4.69) is 10.5 Å². The highest BCUT2D eigenvalue weighted by Crippen LogP contribution is 2.19. The Kier molecular flexibility index (Phi) is 6.96. The second-order valence-corrected chi connectivity index (χ2v) is 8.36. The summed E-state index contributed by atoms with van der Waals surface area (Å²) in [5.41, 5.74) is 4.48. The number of carbonyl (C=O) groups excluding carboxylic acids is 1. The Balaban J connectivity index is 1.54. The molecule has 1 amide bonds. The van der Waals surface area contributed by atoms with E-state index in [4.69, 9.17) is 4.18 Å². The van der Waals surface area contributed by atoms with Gasteiger partial charge >= 0.3 is 10.1 Å². The standard InChI is InChI=1S/C22H19N3O6S/c1-16-2-12-21(13-3-16)32(29,30)31-20-10-6-18(7-11-20)15-23-24-22(26)14-17-4-8-19(9-5-17)25(27)28/h2-13,15H,14H2,1H3,(H,24,26). The monoisotopic (exact) mass is 453 g/mol. The molecule has 9 nitrogen and oxygen atoms in total. The molecule has 3 aromatic carbocycles. The molecule has 0 aliphatic rings. The quantitative estimate of drug-likeness (QED) is 0.241. The number of aryl methyl sites for hydroxylation is 1. The number of benzene rings is 3. The first-order valence-electron chi connectivity index (χ1n) is 9.39. The van der Waals surface area contributed by atoms with E-state index in [1.165, 1.54) is 54.7 Å². The topological polar surface area (TPSA) is 128 Å². The van der Waals surface area contributed by atoms with Crippen molar-refractivity contribution in [3.63, 3.8) is 0 Å². The van der Waals surface area contributed by atoms with Crippen molar-refractivity contribution in [3.05, 3.63) is 99.6 Å². The SMILES string of the molecule is Cc1ccc(S(=O)(=O)Oc2ccc(C=NNC(=O)Cc3ccc([N+](=O)[O-])cc3)cc2)cc1. The van der Waals surface area contributed by atoms with Crippen molar-refractivity contribution >= 4 is 27.9 Å². The third-order valence-electron chi connectivity index (χ3n) is 4.31. The molecule has 0 aliphatic carbocycles. The second-order valence-electron chi connectivity index (χ2n) is 6.81. The molecule has 0 saturated heterocycles. The third kappa shape index (κ3) is 6.22. The number of hydrogen-bond acceptors (Lipinski definition) is 7. The zero-order valence-electron chi connectivity index (χ0n) is 17.0. The zero-order valence-corrected chi connectivity index (χ0v) is 17.8. The van der Waals surface area contributed by atoms with E-state index < -0.39 is 15.0 Å². The van der Waals surface area contributed by atoms with Crippen LogP contribution >= 0.6 is 0 Å². The molecule has 0 radical (unpaired) electrons. The van der Waals surface area contributed by atoms with Gasteiger partial charge in [-0.1, -0.05) is 29.8 Å². The van der Waals surface area contributed by atoms with Crippen molar-refractivity contribution in [1.29, 1.82) is 0 Å². The van der Waals surface area contributed by atoms with E-state index in [0.29, 0.717) is 11.1 Å². The maximum absolute atomic E-state index is 12.3. The van der Waals surface area contributed by atoms with E-state index in [-0.39, 0.29) is 28.7 Å². The number of nitro groups is 1. The summed E-state index contributed by atoms with van der Waals surface area (Å²) in [6, 6.07) is 18.1. The molecule has 0 aromatic heterocycles. The molecule has 0 heterocycles. The summed E-state index contributed by atoms with van der Waals surface area (Å²) < 4.78 is 29.8. The summed E-state index contributed by atoms with van der Waals surface area (Å²) in [4.78, 5) is 22.1. The van der Waals surface area contributed by atoms with E-state index in [9.17, 15) is 23.3 Å². The van der Waals surface area contributed by atoms with E-state index >= 15 is 0 Å². The zero-order chi connectivity index (χ0) is 23.1. The number of nitrogens with one attached hydrogen (secondary N) is 1. The number of non-ortho nitro benzene ring substituents is 1. The number of hydrogen-bond donors (Lipinski definition) is 1. The Morgan fingerprint density at radius 3 is 2.25 bits per heavy atom. The van der Waals surface area contributed by atoms with Crippen LogP contribution in [0.2, 0.25) is 0 Å². The number of nitro benzene ring substituents is 1. The van der Waals surface area contributed by atoms with Gasteiger partial charge in [0, 0.05) is 12.1 Å². The van der Waals surface area contributed by atoms with Crippen LogP contribution in [0.1, 0.15) is 16.7 Å². The van der Waals surface area contributed by atoms with Crippen molar-refractivity contribution in [2.75, 3.05) is 0 Å². The summed E-state index contributed by atoms with van der Waals surface area (Å²) in [5.74, 6) is -0.246. The van der Waals surface area contributed by atoms with Crippen LogP contribution in [0, 0.1) is 17.0 Å². The van der Waals surface area contributed by atoms with Crippen LogP contribution < -0.4 is 9.61 Å². The number of nitrogens with zero attached hydrogens (tertiary/aromatic N) is 2. The predicted octanol–water partition coefficient (Wildman–Crippen LogP) is 3.36. The molecule has 0 bridgehead atoms. The molecule has 0 fully saturated rings. The molecule has 0 spiro atoms. The van der Waals surface area contributed by atoms with Crippen molar-refractivity contribution < 1.29 is 22.3 Å². The van der Waals surface area contributed by atoms with Crippen molar-refractivity contribution in [2.24, 2.45) is 5.10 Å². The molecular weight excluding hydrogens is 434 g/mol. The Morgan fingerprint density at radius 2 is 1.66 bits per heavy atom. The number of hydrazone groups is 1. The maximum Gasteiger partial charge on any atom is 0.339 e. The molecule has 0 atom stereocenters. The van der Waals surface area contributed by atoms with Gasteiger partial charge in [-0.25, -0.2) is 5.43 Å². The van der Waals surface area contributed by atoms with E-state index in [1.54, 1.807) is 24.3 Å². The normalized spacial score (nSPS) is 11.3. The highest BCUT2D eigenvalue weighted by Gasteiger charge is 2.16. The molecule has 10 heteroatoms. The van der Waals surface area contributed by atoms with Crippen LogP contribution in [0.4, 0.5) is 5.69 Å². The summed E-state index contributed by atoms with van der Waals surface area (Å²) in [5, 5.41) is 14.5. The fraction of sp³-hybridized carbons (Fsp3) is 0.0909. The van der Waals surface area contributed by atoms with Crippen molar-refractivity contribution in [1.82, 2.24) is 5.43 Å². The Bertz CT molecular complexity index is 1240. The lowest BCUT2D eigenvalue weighted by atomic mass is 10.1. The van der Waals surface area contributed by atoms with Gasteiger partial charge in [0.2, 0.25) is 5.91 Å². The summed E-state index contributed by atoms with van der Waals surface area (Å²) in [6.07, 6.45) is 1.41. The predicted molar refractivity (Wildman–Crippen MR) is 118 cm³/mol.